The summed E-state index contributed by atoms with van der Waals surface area (Å²) in [6.07, 6.45) is 1.13. The highest BCUT2D eigenvalue weighted by Crippen LogP contribution is 2.07. The van der Waals surface area contributed by atoms with E-state index in [4.69, 9.17) is 4.74 Å². The van der Waals surface area contributed by atoms with Crippen LogP contribution in [0.2, 0.25) is 0 Å². The molecule has 2 amide bonds. The molecule has 1 atom stereocenters. The number of ether oxygens (including phenoxy) is 1. The third kappa shape index (κ3) is 3.98. The van der Waals surface area contributed by atoms with Gasteiger partial charge in [-0.1, -0.05) is 0 Å². The lowest BCUT2D eigenvalue weighted by Gasteiger charge is -2.35. The van der Waals surface area contributed by atoms with Crippen LogP contribution in [0.4, 0.5) is 0 Å². The predicted octanol–water partition coefficient (Wildman–Crippen LogP) is -1.04. The van der Waals surface area contributed by atoms with Crippen LogP contribution in [0.15, 0.2) is 0 Å². The van der Waals surface area contributed by atoms with Crippen molar-refractivity contribution in [2.24, 2.45) is 0 Å². The highest BCUT2D eigenvalue weighted by molar-refractivity contribution is 5.88. The van der Waals surface area contributed by atoms with Gasteiger partial charge in [-0.15, -0.1) is 0 Å². The highest BCUT2D eigenvalue weighted by atomic mass is 16.5. The van der Waals surface area contributed by atoms with Gasteiger partial charge in [-0.3, -0.25) is 9.59 Å². The smallest absolute Gasteiger partial charge is 0.243 e. The Morgan fingerprint density at radius 2 is 2.29 bits per heavy atom. The number of hydrogen-bond acceptors (Lipinski definition) is 4. The summed E-state index contributed by atoms with van der Waals surface area (Å²) in [5.74, 6) is -0.0885. The molecule has 0 spiro atoms. The Morgan fingerprint density at radius 3 is 2.94 bits per heavy atom. The summed E-state index contributed by atoms with van der Waals surface area (Å²) >= 11 is 0. The van der Waals surface area contributed by atoms with Gasteiger partial charge in [-0.05, 0) is 6.42 Å². The van der Waals surface area contributed by atoms with Crippen molar-refractivity contribution in [1.82, 2.24) is 15.5 Å². The van der Waals surface area contributed by atoms with Crippen LogP contribution in [0.3, 0.4) is 0 Å². The van der Waals surface area contributed by atoms with E-state index in [9.17, 15) is 9.59 Å². The van der Waals surface area contributed by atoms with Gasteiger partial charge in [0.25, 0.3) is 0 Å². The first-order chi connectivity index (χ1) is 8.20. The molecule has 6 nitrogen and oxygen atoms in total. The van der Waals surface area contributed by atoms with Gasteiger partial charge in [0.1, 0.15) is 6.04 Å². The molecule has 2 N–H and O–H groups in total. The molecular weight excluding hydrogens is 222 g/mol. The number of nitrogens with one attached hydrogen (secondary N) is 2. The van der Waals surface area contributed by atoms with Gasteiger partial charge >= 0.3 is 0 Å². The lowest BCUT2D eigenvalue weighted by molar-refractivity contribution is -0.141. The number of amides is 2. The molecule has 0 saturated carbocycles. The van der Waals surface area contributed by atoms with Gasteiger partial charge in [0.2, 0.25) is 11.8 Å². The first-order valence-electron chi connectivity index (χ1n) is 5.91. The second kappa shape index (κ2) is 7.24. The lowest BCUT2D eigenvalue weighted by Crippen LogP contribution is -2.59. The largest absolute Gasteiger partial charge is 0.385 e. The number of piperazine rings is 1. The maximum Gasteiger partial charge on any atom is 0.243 e. The first-order valence-corrected chi connectivity index (χ1v) is 5.91. The highest BCUT2D eigenvalue weighted by Gasteiger charge is 2.30. The predicted molar refractivity (Wildman–Crippen MR) is 63.5 cm³/mol. The Bertz CT molecular complexity index is 271. The van der Waals surface area contributed by atoms with E-state index in [0.29, 0.717) is 32.5 Å². The van der Waals surface area contributed by atoms with Crippen LogP contribution in [0.25, 0.3) is 0 Å². The molecular formula is C11H21N3O3. The molecule has 1 aliphatic rings. The summed E-state index contributed by atoms with van der Waals surface area (Å²) in [5.41, 5.74) is 0. The number of carbonyl (C=O) groups excluding carboxylic acids is 2. The Balaban J connectivity index is 2.52. The van der Waals surface area contributed by atoms with Crippen molar-refractivity contribution in [1.29, 1.82) is 0 Å². The van der Waals surface area contributed by atoms with Gasteiger partial charge in [0.05, 0.1) is 0 Å². The number of likely N-dealkylation sites (N-methyl/N-ethyl adjacent to an activating group) is 1. The Kier molecular flexibility index (Phi) is 5.93. The fourth-order valence-corrected chi connectivity index (χ4v) is 1.92. The zero-order valence-electron chi connectivity index (χ0n) is 10.5. The molecule has 1 fully saturated rings. The van der Waals surface area contributed by atoms with Crippen molar-refractivity contribution in [2.75, 3.05) is 40.4 Å². The minimum absolute atomic E-state index is 0.0251. The molecule has 0 aromatic heterocycles. The van der Waals surface area contributed by atoms with Crippen LogP contribution in [0.1, 0.15) is 12.8 Å². The van der Waals surface area contributed by atoms with E-state index >= 15 is 0 Å². The number of nitrogens with zero attached hydrogens (tertiary/aromatic N) is 1. The third-order valence-corrected chi connectivity index (χ3v) is 2.85. The molecule has 1 aliphatic heterocycles. The molecule has 0 aromatic rings. The summed E-state index contributed by atoms with van der Waals surface area (Å²) < 4.78 is 4.91. The SMILES string of the molecule is CNC(=O)C1CNCCN1C(=O)CCCOC. The first kappa shape index (κ1) is 13.9. The van der Waals surface area contributed by atoms with Crippen molar-refractivity contribution < 1.29 is 14.3 Å². The zero-order valence-corrected chi connectivity index (χ0v) is 10.5. The monoisotopic (exact) mass is 243 g/mol. The van der Waals surface area contributed by atoms with Crippen LogP contribution in [0, 0.1) is 0 Å². The lowest BCUT2D eigenvalue weighted by atomic mass is 10.1. The maximum absolute atomic E-state index is 12.0. The van der Waals surface area contributed by atoms with E-state index < -0.39 is 0 Å². The van der Waals surface area contributed by atoms with E-state index in [2.05, 4.69) is 10.6 Å². The summed E-state index contributed by atoms with van der Waals surface area (Å²) in [5, 5.41) is 5.71. The summed E-state index contributed by atoms with van der Waals surface area (Å²) in [6, 6.07) is -0.385. The van der Waals surface area contributed by atoms with Gasteiger partial charge in [0.15, 0.2) is 0 Å². The van der Waals surface area contributed by atoms with E-state index in [1.807, 2.05) is 0 Å². The molecule has 0 aliphatic carbocycles. The molecule has 17 heavy (non-hydrogen) atoms. The van der Waals surface area contributed by atoms with Gasteiger partial charge in [0, 0.05) is 46.8 Å². The minimum atomic E-state index is -0.385. The Labute approximate surface area is 102 Å². The number of hydrogen-bond donors (Lipinski definition) is 2. The van der Waals surface area contributed by atoms with E-state index in [1.165, 1.54) is 0 Å². The normalized spacial score (nSPS) is 20.1. The molecule has 6 heteroatoms. The van der Waals surface area contributed by atoms with E-state index in [1.54, 1.807) is 19.1 Å². The van der Waals surface area contributed by atoms with Gasteiger partial charge in [-0.25, -0.2) is 0 Å². The Hall–Kier alpha value is -1.14. The number of methoxy groups -OCH3 is 1. The molecule has 0 radical (unpaired) electrons. The summed E-state index contributed by atoms with van der Waals surface area (Å²) in [6.45, 7) is 2.42. The van der Waals surface area contributed by atoms with Crippen molar-refractivity contribution in [3.8, 4) is 0 Å². The number of rotatable bonds is 5. The fraction of sp³-hybridized carbons (Fsp3) is 0.818. The molecule has 1 saturated heterocycles. The minimum Gasteiger partial charge on any atom is -0.385 e. The topological polar surface area (TPSA) is 70.7 Å². The van der Waals surface area contributed by atoms with Crippen LogP contribution >= 0.6 is 0 Å². The van der Waals surface area contributed by atoms with E-state index in [-0.39, 0.29) is 17.9 Å². The van der Waals surface area contributed by atoms with Crippen molar-refractivity contribution >= 4 is 11.8 Å². The zero-order chi connectivity index (χ0) is 12.7. The molecule has 98 valence electrons. The van der Waals surface area contributed by atoms with Gasteiger partial charge in [-0.2, -0.15) is 0 Å². The second-order valence-corrected chi connectivity index (χ2v) is 4.02. The standard InChI is InChI=1S/C11H21N3O3/c1-12-11(16)9-8-13-5-6-14(9)10(15)4-3-7-17-2/h9,13H,3-8H2,1-2H3,(H,12,16). The fourth-order valence-electron chi connectivity index (χ4n) is 1.92. The Morgan fingerprint density at radius 1 is 1.53 bits per heavy atom. The summed E-state index contributed by atoms with van der Waals surface area (Å²) in [7, 11) is 3.20. The molecule has 1 rings (SSSR count). The average Bonchev–Trinajstić information content (AvgIpc) is 2.38. The van der Waals surface area contributed by atoms with Crippen LogP contribution in [0.5, 0.6) is 0 Å². The van der Waals surface area contributed by atoms with Gasteiger partial charge < -0.3 is 20.3 Å². The third-order valence-electron chi connectivity index (χ3n) is 2.85. The summed E-state index contributed by atoms with van der Waals surface area (Å²) in [4.78, 5) is 25.3. The second-order valence-electron chi connectivity index (χ2n) is 4.02. The van der Waals surface area contributed by atoms with Crippen molar-refractivity contribution in [2.45, 2.75) is 18.9 Å². The maximum atomic E-state index is 12.0. The molecule has 0 aromatic carbocycles. The van der Waals surface area contributed by atoms with Crippen LogP contribution in [-0.2, 0) is 14.3 Å². The quantitative estimate of drug-likeness (QED) is 0.605. The molecule has 0 bridgehead atoms. The average molecular weight is 243 g/mol. The van der Waals surface area contributed by atoms with Crippen molar-refractivity contribution in [3.63, 3.8) is 0 Å². The van der Waals surface area contributed by atoms with Crippen LogP contribution in [-0.4, -0.2) is 63.2 Å². The number of carbonyl (C=O) groups is 2. The molecule has 1 heterocycles. The van der Waals surface area contributed by atoms with Crippen LogP contribution < -0.4 is 10.6 Å². The van der Waals surface area contributed by atoms with Crippen molar-refractivity contribution in [3.05, 3.63) is 0 Å². The van der Waals surface area contributed by atoms with E-state index in [0.717, 1.165) is 6.54 Å². The molecule has 1 unspecified atom stereocenters.